The first kappa shape index (κ1) is 11.4. The van der Waals surface area contributed by atoms with Gasteiger partial charge >= 0.3 is 0 Å². The van der Waals surface area contributed by atoms with E-state index < -0.39 is 0 Å². The average Bonchev–Trinajstić information content (AvgIpc) is 2.81. The molecule has 1 atom stereocenters. The van der Waals surface area contributed by atoms with Gasteiger partial charge in [0.2, 0.25) is 11.8 Å². The Labute approximate surface area is 95.3 Å². The molecule has 0 radical (unpaired) electrons. The summed E-state index contributed by atoms with van der Waals surface area (Å²) in [7, 11) is 0. The third kappa shape index (κ3) is 2.35. The lowest BCUT2D eigenvalue weighted by Gasteiger charge is -2.33. The van der Waals surface area contributed by atoms with Gasteiger partial charge in [0.1, 0.15) is 6.04 Å². The van der Waals surface area contributed by atoms with Crippen molar-refractivity contribution in [3.63, 3.8) is 0 Å². The number of hydrogen-bond acceptors (Lipinski definition) is 3. The van der Waals surface area contributed by atoms with Crippen molar-refractivity contribution in [3.05, 3.63) is 0 Å². The Bertz CT molecular complexity index is 287. The van der Waals surface area contributed by atoms with Gasteiger partial charge in [0.05, 0.1) is 0 Å². The Morgan fingerprint density at radius 1 is 1.25 bits per heavy atom. The van der Waals surface area contributed by atoms with Crippen LogP contribution >= 0.6 is 0 Å². The van der Waals surface area contributed by atoms with Crippen molar-refractivity contribution >= 4 is 11.8 Å². The van der Waals surface area contributed by atoms with E-state index in [1.165, 1.54) is 0 Å². The normalized spacial score (nSPS) is 27.0. The minimum atomic E-state index is -0.376. The van der Waals surface area contributed by atoms with Gasteiger partial charge in [-0.05, 0) is 12.8 Å². The van der Waals surface area contributed by atoms with E-state index in [4.69, 9.17) is 5.73 Å². The van der Waals surface area contributed by atoms with Crippen molar-refractivity contribution in [1.29, 1.82) is 0 Å². The minimum Gasteiger partial charge on any atom is -0.368 e. The molecule has 2 rings (SSSR count). The van der Waals surface area contributed by atoms with Crippen LogP contribution in [0.15, 0.2) is 0 Å². The van der Waals surface area contributed by atoms with E-state index in [0.29, 0.717) is 19.6 Å². The van der Waals surface area contributed by atoms with Gasteiger partial charge in [-0.25, -0.2) is 0 Å². The predicted molar refractivity (Wildman–Crippen MR) is 59.5 cm³/mol. The summed E-state index contributed by atoms with van der Waals surface area (Å²) in [5, 5.41) is 3.03. The van der Waals surface area contributed by atoms with E-state index in [1.807, 2.05) is 0 Å². The topological polar surface area (TPSA) is 75.4 Å². The summed E-state index contributed by atoms with van der Waals surface area (Å²) in [6.45, 7) is 1.79. The molecular formula is C11H19N3O2. The average molecular weight is 225 g/mol. The van der Waals surface area contributed by atoms with Crippen LogP contribution < -0.4 is 11.1 Å². The second-order valence-corrected chi connectivity index (χ2v) is 4.67. The van der Waals surface area contributed by atoms with Gasteiger partial charge in [0.25, 0.3) is 0 Å². The number of amides is 2. The Hall–Kier alpha value is -1.10. The van der Waals surface area contributed by atoms with E-state index in [2.05, 4.69) is 5.32 Å². The van der Waals surface area contributed by atoms with E-state index in [-0.39, 0.29) is 23.8 Å². The monoisotopic (exact) mass is 225 g/mol. The Balaban J connectivity index is 1.93. The molecule has 1 aliphatic heterocycles. The molecule has 0 spiro atoms. The third-order valence-corrected chi connectivity index (χ3v) is 3.53. The SMILES string of the molecule is NC(=O)[C@@H]1CN(C(=O)C2CCCC2)CCN1. The maximum Gasteiger partial charge on any atom is 0.236 e. The van der Waals surface area contributed by atoms with Gasteiger partial charge in [0, 0.05) is 25.6 Å². The zero-order valence-corrected chi connectivity index (χ0v) is 9.45. The summed E-state index contributed by atoms with van der Waals surface area (Å²) in [5.41, 5.74) is 5.24. The largest absolute Gasteiger partial charge is 0.368 e. The molecule has 1 saturated heterocycles. The van der Waals surface area contributed by atoms with Crippen molar-refractivity contribution < 1.29 is 9.59 Å². The highest BCUT2D eigenvalue weighted by Gasteiger charge is 2.31. The minimum absolute atomic E-state index is 0.187. The number of hydrogen-bond donors (Lipinski definition) is 2. The molecule has 2 aliphatic rings. The standard InChI is InChI=1S/C11H19N3O2/c12-10(15)9-7-14(6-5-13-9)11(16)8-3-1-2-4-8/h8-9,13H,1-7H2,(H2,12,15)/t9-/m0/s1. The molecule has 90 valence electrons. The summed E-state index contributed by atoms with van der Waals surface area (Å²) in [4.78, 5) is 25.0. The van der Waals surface area contributed by atoms with Crippen molar-refractivity contribution in [2.75, 3.05) is 19.6 Å². The molecule has 16 heavy (non-hydrogen) atoms. The fourth-order valence-corrected chi connectivity index (χ4v) is 2.57. The van der Waals surface area contributed by atoms with Crippen LogP contribution in [0.3, 0.4) is 0 Å². The number of primary amides is 1. The zero-order valence-electron chi connectivity index (χ0n) is 9.45. The number of nitrogens with zero attached hydrogens (tertiary/aromatic N) is 1. The highest BCUT2D eigenvalue weighted by molar-refractivity contribution is 5.83. The molecule has 3 N–H and O–H groups in total. The summed E-state index contributed by atoms with van der Waals surface area (Å²) in [6.07, 6.45) is 4.32. The number of nitrogens with one attached hydrogen (secondary N) is 1. The van der Waals surface area contributed by atoms with Crippen LogP contribution in [-0.4, -0.2) is 42.4 Å². The molecule has 0 aromatic heterocycles. The first-order valence-corrected chi connectivity index (χ1v) is 6.00. The van der Waals surface area contributed by atoms with Crippen LogP contribution in [0.25, 0.3) is 0 Å². The fourth-order valence-electron chi connectivity index (χ4n) is 2.57. The number of piperazine rings is 1. The van der Waals surface area contributed by atoms with Gasteiger partial charge in [-0.1, -0.05) is 12.8 Å². The van der Waals surface area contributed by atoms with Gasteiger partial charge in [-0.2, -0.15) is 0 Å². The number of carbonyl (C=O) groups is 2. The number of nitrogens with two attached hydrogens (primary N) is 1. The molecule has 0 unspecified atom stereocenters. The van der Waals surface area contributed by atoms with Crippen molar-refractivity contribution in [2.24, 2.45) is 11.7 Å². The second kappa shape index (κ2) is 4.82. The molecule has 2 amide bonds. The first-order chi connectivity index (χ1) is 7.68. The molecule has 2 fully saturated rings. The van der Waals surface area contributed by atoms with Crippen molar-refractivity contribution in [2.45, 2.75) is 31.7 Å². The lowest BCUT2D eigenvalue weighted by atomic mass is 10.1. The maximum absolute atomic E-state index is 12.1. The molecule has 5 nitrogen and oxygen atoms in total. The molecule has 0 aromatic rings. The summed E-state index contributed by atoms with van der Waals surface area (Å²) < 4.78 is 0. The smallest absolute Gasteiger partial charge is 0.236 e. The highest BCUT2D eigenvalue weighted by atomic mass is 16.2. The second-order valence-electron chi connectivity index (χ2n) is 4.67. The van der Waals surface area contributed by atoms with E-state index in [0.717, 1.165) is 25.7 Å². The van der Waals surface area contributed by atoms with Gasteiger partial charge in [0.15, 0.2) is 0 Å². The van der Waals surface area contributed by atoms with Gasteiger partial charge in [-0.15, -0.1) is 0 Å². The van der Waals surface area contributed by atoms with E-state index in [9.17, 15) is 9.59 Å². The van der Waals surface area contributed by atoms with Crippen LogP contribution in [0, 0.1) is 5.92 Å². The van der Waals surface area contributed by atoms with Crippen LogP contribution in [-0.2, 0) is 9.59 Å². The lowest BCUT2D eigenvalue weighted by molar-refractivity contribution is -0.137. The summed E-state index contributed by atoms with van der Waals surface area (Å²) in [6, 6.07) is -0.376. The Morgan fingerprint density at radius 2 is 1.94 bits per heavy atom. The fraction of sp³-hybridized carbons (Fsp3) is 0.818. The van der Waals surface area contributed by atoms with Crippen LogP contribution in [0.1, 0.15) is 25.7 Å². The predicted octanol–water partition coefficient (Wildman–Crippen LogP) is -0.538. The van der Waals surface area contributed by atoms with Crippen LogP contribution in [0.4, 0.5) is 0 Å². The molecule has 1 heterocycles. The number of carbonyl (C=O) groups excluding carboxylic acids is 2. The molecule has 1 aliphatic carbocycles. The third-order valence-electron chi connectivity index (χ3n) is 3.53. The highest BCUT2D eigenvalue weighted by Crippen LogP contribution is 2.26. The molecule has 5 heteroatoms. The van der Waals surface area contributed by atoms with Gasteiger partial charge < -0.3 is 16.0 Å². The maximum atomic E-state index is 12.1. The molecule has 0 bridgehead atoms. The van der Waals surface area contributed by atoms with E-state index >= 15 is 0 Å². The van der Waals surface area contributed by atoms with Gasteiger partial charge in [-0.3, -0.25) is 9.59 Å². The zero-order chi connectivity index (χ0) is 11.5. The molecular weight excluding hydrogens is 206 g/mol. The van der Waals surface area contributed by atoms with Crippen LogP contribution in [0.5, 0.6) is 0 Å². The Morgan fingerprint density at radius 3 is 2.56 bits per heavy atom. The van der Waals surface area contributed by atoms with Crippen molar-refractivity contribution in [3.8, 4) is 0 Å². The van der Waals surface area contributed by atoms with Crippen molar-refractivity contribution in [1.82, 2.24) is 10.2 Å². The Kier molecular flexibility index (Phi) is 3.43. The summed E-state index contributed by atoms with van der Waals surface area (Å²) in [5.74, 6) is 0.0285. The lowest BCUT2D eigenvalue weighted by Crippen LogP contribution is -2.58. The van der Waals surface area contributed by atoms with Crippen LogP contribution in [0.2, 0.25) is 0 Å². The quantitative estimate of drug-likeness (QED) is 0.663. The molecule has 1 saturated carbocycles. The van der Waals surface area contributed by atoms with E-state index in [1.54, 1.807) is 4.90 Å². The summed E-state index contributed by atoms with van der Waals surface area (Å²) >= 11 is 0. The number of rotatable bonds is 2. The molecule has 0 aromatic carbocycles. The first-order valence-electron chi connectivity index (χ1n) is 6.00.